The predicted molar refractivity (Wildman–Crippen MR) is 119 cm³/mol. The zero-order valence-corrected chi connectivity index (χ0v) is 17.1. The van der Waals surface area contributed by atoms with Crippen LogP contribution < -0.4 is 4.74 Å². The van der Waals surface area contributed by atoms with Crippen molar-refractivity contribution in [1.29, 1.82) is 0 Å². The normalized spacial score (nSPS) is 16.2. The maximum Gasteiger partial charge on any atom is 0.231 e. The fourth-order valence-corrected chi connectivity index (χ4v) is 5.30. The van der Waals surface area contributed by atoms with E-state index in [4.69, 9.17) is 4.74 Å². The zero-order valence-electron chi connectivity index (χ0n) is 17.1. The molecule has 0 aliphatic carbocycles. The van der Waals surface area contributed by atoms with Gasteiger partial charge in [-0.15, -0.1) is 0 Å². The third-order valence-corrected chi connectivity index (χ3v) is 6.70. The Bertz CT molecular complexity index is 1300. The summed E-state index contributed by atoms with van der Waals surface area (Å²) in [7, 11) is 1.68. The Balaban J connectivity index is 1.55. The van der Waals surface area contributed by atoms with Crippen molar-refractivity contribution in [2.45, 2.75) is 32.4 Å². The molecular formula is C26H24N2O2. The van der Waals surface area contributed by atoms with Crippen LogP contribution in [-0.4, -0.2) is 29.0 Å². The molecule has 0 spiro atoms. The third kappa shape index (κ3) is 2.60. The lowest BCUT2D eigenvalue weighted by Gasteiger charge is -2.30. The number of rotatable bonds is 3. The number of methoxy groups -OCH3 is 1. The molecule has 0 unspecified atom stereocenters. The molecule has 3 heterocycles. The van der Waals surface area contributed by atoms with Crippen LogP contribution in [0.3, 0.4) is 0 Å². The van der Waals surface area contributed by atoms with E-state index in [0.29, 0.717) is 6.42 Å². The lowest BCUT2D eigenvalue weighted by molar-refractivity contribution is 0.0908. The Morgan fingerprint density at radius 1 is 0.967 bits per heavy atom. The highest BCUT2D eigenvalue weighted by molar-refractivity contribution is 6.17. The lowest BCUT2D eigenvalue weighted by Crippen LogP contribution is -2.30. The molecule has 0 saturated carbocycles. The van der Waals surface area contributed by atoms with Crippen LogP contribution in [0.2, 0.25) is 0 Å². The van der Waals surface area contributed by atoms with Crippen LogP contribution in [0.4, 0.5) is 0 Å². The van der Waals surface area contributed by atoms with E-state index in [-0.39, 0.29) is 5.91 Å². The Kier molecular flexibility index (Phi) is 3.96. The van der Waals surface area contributed by atoms with Gasteiger partial charge in [-0.05, 0) is 47.2 Å². The topological polar surface area (TPSA) is 34.5 Å². The first-order chi connectivity index (χ1) is 14.7. The SMILES string of the molecule is COc1ccc2c3c4c(cc5c3n(c2c1)C(=O)CC5)CCN(Cc1ccccc1)C4. The van der Waals surface area contributed by atoms with Crippen molar-refractivity contribution in [2.75, 3.05) is 13.7 Å². The minimum Gasteiger partial charge on any atom is -0.497 e. The maximum atomic E-state index is 12.9. The minimum atomic E-state index is 0.188. The smallest absolute Gasteiger partial charge is 0.231 e. The average Bonchev–Trinajstić information content (AvgIpc) is 3.13. The Labute approximate surface area is 175 Å². The van der Waals surface area contributed by atoms with Crippen molar-refractivity contribution in [2.24, 2.45) is 0 Å². The van der Waals surface area contributed by atoms with E-state index in [1.807, 2.05) is 16.7 Å². The second kappa shape index (κ2) is 6.71. The molecule has 2 aliphatic rings. The fourth-order valence-electron chi connectivity index (χ4n) is 5.30. The predicted octanol–water partition coefficient (Wildman–Crippen LogP) is 4.95. The molecule has 0 atom stereocenters. The minimum absolute atomic E-state index is 0.188. The molecule has 0 amide bonds. The number of hydrogen-bond acceptors (Lipinski definition) is 3. The molecule has 6 rings (SSSR count). The first kappa shape index (κ1) is 17.7. The number of nitrogens with zero attached hydrogens (tertiary/aromatic N) is 2. The van der Waals surface area contributed by atoms with Gasteiger partial charge < -0.3 is 4.74 Å². The number of fused-ring (bicyclic) bond motifs is 5. The molecule has 4 aromatic rings. The van der Waals surface area contributed by atoms with Crippen molar-refractivity contribution in [3.63, 3.8) is 0 Å². The summed E-state index contributed by atoms with van der Waals surface area (Å²) in [5, 5.41) is 2.44. The summed E-state index contributed by atoms with van der Waals surface area (Å²) in [6.45, 7) is 2.94. The van der Waals surface area contributed by atoms with Crippen LogP contribution in [0.1, 0.15) is 33.5 Å². The van der Waals surface area contributed by atoms with Crippen LogP contribution in [0.5, 0.6) is 5.75 Å². The van der Waals surface area contributed by atoms with Crippen LogP contribution in [0.25, 0.3) is 21.8 Å². The number of benzene rings is 3. The quantitative estimate of drug-likeness (QED) is 0.492. The largest absolute Gasteiger partial charge is 0.497 e. The molecule has 1 aromatic heterocycles. The molecule has 0 N–H and O–H groups in total. The zero-order chi connectivity index (χ0) is 20.2. The number of aromatic nitrogens is 1. The molecule has 150 valence electrons. The summed E-state index contributed by atoms with van der Waals surface area (Å²) < 4.78 is 7.41. The van der Waals surface area contributed by atoms with Gasteiger partial charge >= 0.3 is 0 Å². The summed E-state index contributed by atoms with van der Waals surface area (Å²) in [5.41, 5.74) is 7.59. The molecule has 2 aliphatic heterocycles. The van der Waals surface area contributed by atoms with Crippen molar-refractivity contribution in [1.82, 2.24) is 9.47 Å². The summed E-state index contributed by atoms with van der Waals surface area (Å²) in [5.74, 6) is 0.980. The Morgan fingerprint density at radius 2 is 1.83 bits per heavy atom. The molecule has 0 bridgehead atoms. The van der Waals surface area contributed by atoms with E-state index in [0.717, 1.165) is 49.3 Å². The van der Waals surface area contributed by atoms with Crippen LogP contribution in [0.15, 0.2) is 54.6 Å². The number of carbonyl (C=O) groups excluding carboxylic acids is 1. The highest BCUT2D eigenvalue weighted by Crippen LogP contribution is 2.41. The lowest BCUT2D eigenvalue weighted by atomic mass is 9.90. The van der Waals surface area contributed by atoms with Gasteiger partial charge in [0.2, 0.25) is 5.91 Å². The summed E-state index contributed by atoms with van der Waals surface area (Å²) in [6, 6.07) is 19.2. The van der Waals surface area contributed by atoms with E-state index in [1.165, 1.54) is 33.0 Å². The number of ether oxygens (including phenoxy) is 1. The van der Waals surface area contributed by atoms with Crippen LogP contribution in [0, 0.1) is 0 Å². The van der Waals surface area contributed by atoms with Gasteiger partial charge in [0, 0.05) is 42.9 Å². The van der Waals surface area contributed by atoms with Crippen LogP contribution in [-0.2, 0) is 25.9 Å². The van der Waals surface area contributed by atoms with Gasteiger partial charge in [0.1, 0.15) is 5.75 Å². The molecule has 0 fully saturated rings. The van der Waals surface area contributed by atoms with Gasteiger partial charge in [-0.2, -0.15) is 0 Å². The summed E-state index contributed by atoms with van der Waals surface area (Å²) in [6.07, 6.45) is 2.47. The molecule has 30 heavy (non-hydrogen) atoms. The second-order valence-electron chi connectivity index (χ2n) is 8.46. The van der Waals surface area contributed by atoms with Gasteiger partial charge in [-0.3, -0.25) is 14.3 Å². The van der Waals surface area contributed by atoms with E-state index >= 15 is 0 Å². The van der Waals surface area contributed by atoms with E-state index in [9.17, 15) is 4.79 Å². The average molecular weight is 396 g/mol. The number of hydrogen-bond donors (Lipinski definition) is 0. The molecule has 0 radical (unpaired) electrons. The number of aryl methyl sites for hydroxylation is 1. The van der Waals surface area contributed by atoms with Gasteiger partial charge in [0.15, 0.2) is 0 Å². The van der Waals surface area contributed by atoms with Crippen molar-refractivity contribution >= 4 is 27.7 Å². The van der Waals surface area contributed by atoms with Gasteiger partial charge in [0.25, 0.3) is 0 Å². The first-order valence-electron chi connectivity index (χ1n) is 10.7. The van der Waals surface area contributed by atoms with Crippen molar-refractivity contribution in [3.05, 3.63) is 76.9 Å². The van der Waals surface area contributed by atoms with E-state index < -0.39 is 0 Å². The fraction of sp³-hybridized carbons (Fsp3) is 0.269. The standard InChI is InChI=1S/C26H24N2O2/c1-30-20-8-9-21-23(14-20)28-24(29)10-7-19-13-18-11-12-27(15-17-5-3-2-4-6-17)16-22(18)25(21)26(19)28/h2-6,8-9,13-14H,7,10-12,15-16H2,1H3. The highest BCUT2D eigenvalue weighted by Gasteiger charge is 2.29. The number of carbonyl (C=O) groups is 1. The van der Waals surface area contributed by atoms with Gasteiger partial charge in [-0.25, -0.2) is 0 Å². The Morgan fingerprint density at radius 3 is 2.67 bits per heavy atom. The second-order valence-corrected chi connectivity index (χ2v) is 8.46. The van der Waals surface area contributed by atoms with Crippen LogP contribution >= 0.6 is 0 Å². The molecule has 0 saturated heterocycles. The first-order valence-corrected chi connectivity index (χ1v) is 10.7. The van der Waals surface area contributed by atoms with Gasteiger partial charge in [-0.1, -0.05) is 36.4 Å². The van der Waals surface area contributed by atoms with Crippen molar-refractivity contribution in [3.8, 4) is 5.75 Å². The third-order valence-electron chi connectivity index (χ3n) is 6.70. The summed E-state index contributed by atoms with van der Waals surface area (Å²) >= 11 is 0. The van der Waals surface area contributed by atoms with Crippen molar-refractivity contribution < 1.29 is 9.53 Å². The van der Waals surface area contributed by atoms with E-state index in [1.54, 1.807) is 7.11 Å². The summed E-state index contributed by atoms with van der Waals surface area (Å²) in [4.78, 5) is 15.5. The highest BCUT2D eigenvalue weighted by atomic mass is 16.5. The molecule has 4 nitrogen and oxygen atoms in total. The Hall–Kier alpha value is -3.11. The maximum absolute atomic E-state index is 12.9. The molecular weight excluding hydrogens is 372 g/mol. The van der Waals surface area contributed by atoms with E-state index in [2.05, 4.69) is 47.4 Å². The molecule has 3 aromatic carbocycles. The monoisotopic (exact) mass is 396 g/mol. The van der Waals surface area contributed by atoms with Gasteiger partial charge in [0.05, 0.1) is 18.1 Å². The molecule has 4 heteroatoms.